The molecule has 2 aromatic rings. The van der Waals surface area contributed by atoms with Crippen LogP contribution in [0.25, 0.3) is 12.2 Å². The van der Waals surface area contributed by atoms with E-state index < -0.39 is 5.91 Å². The van der Waals surface area contributed by atoms with E-state index >= 15 is 0 Å². The van der Waals surface area contributed by atoms with E-state index in [4.69, 9.17) is 5.21 Å². The molecule has 1 aliphatic rings. The molecule has 7 heteroatoms. The van der Waals surface area contributed by atoms with Crippen LogP contribution < -0.4 is 5.48 Å². The van der Waals surface area contributed by atoms with Gasteiger partial charge < -0.3 is 0 Å². The van der Waals surface area contributed by atoms with Gasteiger partial charge in [-0.15, -0.1) is 0 Å². The maximum Gasteiger partial charge on any atom is 0.267 e. The fraction of sp³-hybridized carbons (Fsp3) is 0.320. The molecule has 32 heavy (non-hydrogen) atoms. The number of carbonyl (C=O) groups is 2. The van der Waals surface area contributed by atoms with E-state index in [9.17, 15) is 9.59 Å². The summed E-state index contributed by atoms with van der Waals surface area (Å²) in [5.41, 5.74) is 4.48. The molecule has 0 saturated carbocycles. The number of benzene rings is 1. The lowest BCUT2D eigenvalue weighted by Crippen LogP contribution is -2.54. The first-order chi connectivity index (χ1) is 15.4. The first kappa shape index (κ1) is 23.5. The van der Waals surface area contributed by atoms with E-state index in [0.717, 1.165) is 19.6 Å². The molecule has 1 fully saturated rings. The summed E-state index contributed by atoms with van der Waals surface area (Å²) >= 11 is 0. The Balaban J connectivity index is 1.60. The zero-order chi connectivity index (χ0) is 23.1. The molecule has 2 heterocycles. The van der Waals surface area contributed by atoms with Crippen LogP contribution in [0.3, 0.4) is 0 Å². The van der Waals surface area contributed by atoms with E-state index in [0.29, 0.717) is 29.0 Å². The fourth-order valence-electron chi connectivity index (χ4n) is 3.79. The molecule has 168 valence electrons. The Labute approximate surface area is 189 Å². The van der Waals surface area contributed by atoms with E-state index in [1.165, 1.54) is 29.3 Å². The van der Waals surface area contributed by atoms with E-state index in [1.807, 2.05) is 24.3 Å². The Morgan fingerprint density at radius 2 is 1.62 bits per heavy atom. The Bertz CT molecular complexity index is 989. The average molecular weight is 435 g/mol. The third-order valence-electron chi connectivity index (χ3n) is 5.79. The number of pyridine rings is 1. The normalized spacial score (nSPS) is 20.1. The summed E-state index contributed by atoms with van der Waals surface area (Å²) in [5, 5.41) is 8.53. The molecule has 0 bridgehead atoms. The van der Waals surface area contributed by atoms with Crippen LogP contribution in [-0.4, -0.2) is 63.9 Å². The number of nitrogens with one attached hydrogen (secondary N) is 1. The molecule has 1 aliphatic heterocycles. The van der Waals surface area contributed by atoms with Gasteiger partial charge in [-0.25, -0.2) is 10.5 Å². The molecule has 0 aliphatic carbocycles. The topological polar surface area (TPSA) is 85.8 Å². The van der Waals surface area contributed by atoms with Gasteiger partial charge in [-0.3, -0.25) is 24.6 Å². The van der Waals surface area contributed by atoms with Gasteiger partial charge in [0, 0.05) is 43.4 Å². The maximum absolute atomic E-state index is 12.6. The second kappa shape index (κ2) is 10.9. The van der Waals surface area contributed by atoms with Crippen molar-refractivity contribution in [3.05, 3.63) is 77.1 Å². The molecule has 7 nitrogen and oxygen atoms in total. The quantitative estimate of drug-likeness (QED) is 0.302. The highest BCUT2D eigenvalue weighted by molar-refractivity contribution is 6.06. The standard InChI is InChI=1S/C25H30N4O3/c1-18-15-29(16-19(2)28(18)3)17-20-7-9-21(10-8-20)24(30)13-11-22-5-4-6-23(26-22)12-14-25(31)27-32/h4-14,18-19,32H,15-17H2,1-3H3,(H,27,31)/b13-11+,14-12+/t18-,19+. The number of amides is 1. The van der Waals surface area contributed by atoms with Gasteiger partial charge in [-0.1, -0.05) is 30.3 Å². The summed E-state index contributed by atoms with van der Waals surface area (Å²) in [5.74, 6) is -0.733. The minimum absolute atomic E-state index is 0.0965. The minimum Gasteiger partial charge on any atom is -0.298 e. The predicted molar refractivity (Wildman–Crippen MR) is 125 cm³/mol. The molecular formula is C25H30N4O3. The third kappa shape index (κ3) is 6.43. The first-order valence-corrected chi connectivity index (χ1v) is 10.7. The maximum atomic E-state index is 12.6. The summed E-state index contributed by atoms with van der Waals surface area (Å²) < 4.78 is 0. The third-order valence-corrected chi connectivity index (χ3v) is 5.79. The van der Waals surface area contributed by atoms with Crippen molar-refractivity contribution in [2.24, 2.45) is 0 Å². The number of rotatable bonds is 7. The van der Waals surface area contributed by atoms with Gasteiger partial charge in [-0.2, -0.15) is 0 Å². The summed E-state index contributed by atoms with van der Waals surface area (Å²) in [6, 6.07) is 14.1. The van der Waals surface area contributed by atoms with Crippen LogP contribution in [0.1, 0.15) is 41.2 Å². The highest BCUT2D eigenvalue weighted by atomic mass is 16.5. The summed E-state index contributed by atoms with van der Waals surface area (Å²) in [6.07, 6.45) is 5.79. The second-order valence-corrected chi connectivity index (χ2v) is 8.25. The van der Waals surface area contributed by atoms with Crippen molar-refractivity contribution in [2.75, 3.05) is 20.1 Å². The lowest BCUT2D eigenvalue weighted by atomic mass is 10.1. The zero-order valence-corrected chi connectivity index (χ0v) is 18.7. The summed E-state index contributed by atoms with van der Waals surface area (Å²) in [6.45, 7) is 7.46. The lowest BCUT2D eigenvalue weighted by Gasteiger charge is -2.42. The Morgan fingerprint density at radius 3 is 2.22 bits per heavy atom. The van der Waals surface area contributed by atoms with Crippen molar-refractivity contribution in [1.29, 1.82) is 0 Å². The van der Waals surface area contributed by atoms with Crippen LogP contribution in [-0.2, 0) is 11.3 Å². The van der Waals surface area contributed by atoms with Crippen molar-refractivity contribution >= 4 is 23.8 Å². The van der Waals surface area contributed by atoms with Gasteiger partial charge in [0.25, 0.3) is 5.91 Å². The van der Waals surface area contributed by atoms with Crippen LogP contribution in [0, 0.1) is 0 Å². The lowest BCUT2D eigenvalue weighted by molar-refractivity contribution is -0.124. The van der Waals surface area contributed by atoms with Crippen molar-refractivity contribution in [1.82, 2.24) is 20.3 Å². The van der Waals surface area contributed by atoms with Gasteiger partial charge in [0.2, 0.25) is 0 Å². The van der Waals surface area contributed by atoms with E-state index in [1.54, 1.807) is 24.3 Å². The van der Waals surface area contributed by atoms with Crippen molar-refractivity contribution in [3.63, 3.8) is 0 Å². The number of ketones is 1. The second-order valence-electron chi connectivity index (χ2n) is 8.25. The molecular weight excluding hydrogens is 404 g/mol. The molecule has 0 spiro atoms. The highest BCUT2D eigenvalue weighted by Crippen LogP contribution is 2.17. The van der Waals surface area contributed by atoms with Gasteiger partial charge in [0.15, 0.2) is 5.78 Å². The van der Waals surface area contributed by atoms with Gasteiger partial charge in [0.1, 0.15) is 0 Å². The number of hydroxylamine groups is 1. The van der Waals surface area contributed by atoms with Gasteiger partial charge >= 0.3 is 0 Å². The van der Waals surface area contributed by atoms with Crippen LogP contribution >= 0.6 is 0 Å². The van der Waals surface area contributed by atoms with Crippen LogP contribution in [0.4, 0.5) is 0 Å². The minimum atomic E-state index is -0.636. The highest BCUT2D eigenvalue weighted by Gasteiger charge is 2.26. The molecule has 1 amide bonds. The molecule has 0 unspecified atom stereocenters. The largest absolute Gasteiger partial charge is 0.298 e. The van der Waals surface area contributed by atoms with Gasteiger partial charge in [0.05, 0.1) is 11.4 Å². The Kier molecular flexibility index (Phi) is 8.05. The Morgan fingerprint density at radius 1 is 1.03 bits per heavy atom. The molecule has 2 N–H and O–H groups in total. The predicted octanol–water partition coefficient (Wildman–Crippen LogP) is 3.02. The van der Waals surface area contributed by atoms with E-state index in [2.05, 4.69) is 35.7 Å². The molecule has 1 saturated heterocycles. The van der Waals surface area contributed by atoms with Gasteiger partial charge in [-0.05, 0) is 56.8 Å². The number of hydrogen-bond donors (Lipinski definition) is 2. The van der Waals surface area contributed by atoms with Crippen molar-refractivity contribution < 1.29 is 14.8 Å². The molecule has 3 rings (SSSR count). The van der Waals surface area contributed by atoms with E-state index in [-0.39, 0.29) is 5.78 Å². The average Bonchev–Trinajstić information content (AvgIpc) is 2.80. The van der Waals surface area contributed by atoms with Crippen LogP contribution in [0.15, 0.2) is 54.6 Å². The zero-order valence-electron chi connectivity index (χ0n) is 18.7. The Hall–Kier alpha value is -3.13. The number of nitrogens with zero attached hydrogens (tertiary/aromatic N) is 3. The van der Waals surface area contributed by atoms with Crippen LogP contribution in [0.2, 0.25) is 0 Å². The number of aromatic nitrogens is 1. The molecule has 1 aromatic carbocycles. The summed E-state index contributed by atoms with van der Waals surface area (Å²) in [4.78, 5) is 32.9. The van der Waals surface area contributed by atoms with Crippen molar-refractivity contribution in [2.45, 2.75) is 32.5 Å². The smallest absolute Gasteiger partial charge is 0.267 e. The summed E-state index contributed by atoms with van der Waals surface area (Å²) in [7, 11) is 2.18. The monoisotopic (exact) mass is 434 g/mol. The number of likely N-dealkylation sites (N-methyl/N-ethyl adjacent to an activating group) is 1. The molecule has 1 aromatic heterocycles. The SMILES string of the molecule is C[C@@H]1CN(Cc2ccc(C(=O)/C=C/c3cccc(/C=C/C(=O)NO)n3)cc2)C[C@H](C)N1C. The number of hydrogen-bond acceptors (Lipinski definition) is 6. The molecule has 0 radical (unpaired) electrons. The van der Waals surface area contributed by atoms with Crippen molar-refractivity contribution in [3.8, 4) is 0 Å². The number of carbonyl (C=O) groups excluding carboxylic acids is 2. The first-order valence-electron chi connectivity index (χ1n) is 10.7. The number of piperazine rings is 1. The fourth-order valence-corrected chi connectivity index (χ4v) is 3.79. The van der Waals surface area contributed by atoms with Crippen LogP contribution in [0.5, 0.6) is 0 Å². The number of allylic oxidation sites excluding steroid dienone is 1. The molecule has 2 atom stereocenters.